The number of rotatable bonds is 12. The highest BCUT2D eigenvalue weighted by atomic mass is 79.9. The van der Waals surface area contributed by atoms with Gasteiger partial charge in [0.25, 0.3) is 0 Å². The van der Waals surface area contributed by atoms with Crippen LogP contribution in [-0.2, 0) is 26.2 Å². The maximum Gasteiger partial charge on any atom is 0.242 e. The molecule has 0 saturated heterocycles. The summed E-state index contributed by atoms with van der Waals surface area (Å²) in [6.45, 7) is 6.13. The van der Waals surface area contributed by atoms with Crippen LogP contribution < -0.4 is 9.62 Å². The summed E-state index contributed by atoms with van der Waals surface area (Å²) in [7, 11) is -3.81. The highest BCUT2D eigenvalue weighted by Crippen LogP contribution is 2.22. The van der Waals surface area contributed by atoms with Crippen molar-refractivity contribution in [1.29, 1.82) is 0 Å². The van der Waals surface area contributed by atoms with Gasteiger partial charge in [-0.15, -0.1) is 0 Å². The van der Waals surface area contributed by atoms with Crippen LogP contribution in [0.4, 0.5) is 14.5 Å². The standard InChI is InChI=1S/C25H32BrF2N3O4S/c1-17(2)15-29-25(33)18(3)30(16-19-7-5-8-20(26)13-19)24(32)9-6-12-31(36(4,34)35)21-10-11-22(27)23(28)14-21/h5,7-8,10-11,13-14,17-18H,6,9,12,15-16H2,1-4H3,(H,29,33)/t18-/m0/s1. The molecule has 1 atom stereocenters. The number of nitrogens with one attached hydrogen (secondary N) is 1. The minimum atomic E-state index is -3.81. The summed E-state index contributed by atoms with van der Waals surface area (Å²) >= 11 is 3.41. The average Bonchev–Trinajstić information content (AvgIpc) is 2.79. The van der Waals surface area contributed by atoms with Gasteiger partial charge in [0, 0.05) is 36.6 Å². The zero-order valence-electron chi connectivity index (χ0n) is 20.8. The number of carbonyl (C=O) groups is 2. The van der Waals surface area contributed by atoms with E-state index >= 15 is 0 Å². The van der Waals surface area contributed by atoms with Crippen molar-refractivity contribution in [3.05, 3.63) is 64.1 Å². The van der Waals surface area contributed by atoms with Crippen molar-refractivity contribution in [1.82, 2.24) is 10.2 Å². The lowest BCUT2D eigenvalue weighted by Gasteiger charge is -2.29. The van der Waals surface area contributed by atoms with Gasteiger partial charge in [-0.2, -0.15) is 0 Å². The summed E-state index contributed by atoms with van der Waals surface area (Å²) in [6, 6.07) is 9.45. The van der Waals surface area contributed by atoms with Crippen molar-refractivity contribution in [3.63, 3.8) is 0 Å². The largest absolute Gasteiger partial charge is 0.354 e. The van der Waals surface area contributed by atoms with E-state index in [9.17, 15) is 26.8 Å². The second-order valence-corrected chi connectivity index (χ2v) is 11.8. The lowest BCUT2D eigenvalue weighted by atomic mass is 10.1. The van der Waals surface area contributed by atoms with E-state index < -0.39 is 27.7 Å². The van der Waals surface area contributed by atoms with Crippen LogP contribution in [0.5, 0.6) is 0 Å². The van der Waals surface area contributed by atoms with Gasteiger partial charge < -0.3 is 10.2 Å². The molecule has 0 radical (unpaired) electrons. The Morgan fingerprint density at radius 2 is 1.75 bits per heavy atom. The number of hydrogen-bond donors (Lipinski definition) is 1. The van der Waals surface area contributed by atoms with Crippen molar-refractivity contribution in [2.24, 2.45) is 5.92 Å². The zero-order valence-corrected chi connectivity index (χ0v) is 23.2. The molecule has 2 aromatic rings. The molecular formula is C25H32BrF2N3O4S. The predicted molar refractivity (Wildman–Crippen MR) is 140 cm³/mol. The number of anilines is 1. The lowest BCUT2D eigenvalue weighted by Crippen LogP contribution is -2.48. The Morgan fingerprint density at radius 1 is 1.06 bits per heavy atom. The molecule has 198 valence electrons. The van der Waals surface area contributed by atoms with E-state index in [4.69, 9.17) is 0 Å². The molecule has 1 N–H and O–H groups in total. The number of benzene rings is 2. The Bertz CT molecular complexity index is 1180. The first-order valence-corrected chi connectivity index (χ1v) is 14.2. The number of hydrogen-bond acceptors (Lipinski definition) is 4. The van der Waals surface area contributed by atoms with Crippen molar-refractivity contribution >= 4 is 43.5 Å². The van der Waals surface area contributed by atoms with E-state index in [0.717, 1.165) is 32.7 Å². The van der Waals surface area contributed by atoms with Gasteiger partial charge in [-0.3, -0.25) is 13.9 Å². The molecule has 36 heavy (non-hydrogen) atoms. The summed E-state index contributed by atoms with van der Waals surface area (Å²) in [4.78, 5) is 27.4. The molecule has 0 bridgehead atoms. The minimum absolute atomic E-state index is 0.0312. The Kier molecular flexibility index (Phi) is 10.8. The van der Waals surface area contributed by atoms with Crippen LogP contribution in [0.2, 0.25) is 0 Å². The predicted octanol–water partition coefficient (Wildman–Crippen LogP) is 4.46. The molecule has 2 aromatic carbocycles. The molecule has 0 saturated carbocycles. The van der Waals surface area contributed by atoms with Gasteiger partial charge in [-0.1, -0.05) is 41.9 Å². The first kappa shape index (κ1) is 29.7. The van der Waals surface area contributed by atoms with Gasteiger partial charge in [0.2, 0.25) is 21.8 Å². The first-order chi connectivity index (χ1) is 16.8. The molecule has 0 spiro atoms. The summed E-state index contributed by atoms with van der Waals surface area (Å²) in [5.41, 5.74) is 0.789. The summed E-state index contributed by atoms with van der Waals surface area (Å²) < 4.78 is 53.4. The molecule has 0 unspecified atom stereocenters. The fraction of sp³-hybridized carbons (Fsp3) is 0.440. The van der Waals surface area contributed by atoms with E-state index in [1.807, 2.05) is 38.1 Å². The molecule has 2 rings (SSSR count). The number of amides is 2. The maximum atomic E-state index is 13.7. The van der Waals surface area contributed by atoms with Gasteiger partial charge in [0.05, 0.1) is 11.9 Å². The quantitative estimate of drug-likeness (QED) is 0.397. The fourth-order valence-corrected chi connectivity index (χ4v) is 4.92. The molecule has 0 aliphatic rings. The maximum absolute atomic E-state index is 13.7. The molecule has 0 aliphatic heterocycles. The Labute approximate surface area is 220 Å². The van der Waals surface area contributed by atoms with Crippen LogP contribution in [-0.4, -0.2) is 50.5 Å². The SMILES string of the molecule is CC(C)CNC(=O)[C@H](C)N(Cc1cccc(Br)c1)C(=O)CCCN(c1ccc(F)c(F)c1)S(C)(=O)=O. The van der Waals surface area contributed by atoms with Gasteiger partial charge >= 0.3 is 0 Å². The van der Waals surface area contributed by atoms with E-state index in [1.165, 1.54) is 11.0 Å². The molecular weight excluding hydrogens is 556 g/mol. The van der Waals surface area contributed by atoms with E-state index in [0.29, 0.717) is 6.54 Å². The second-order valence-electron chi connectivity index (χ2n) is 9.00. The molecule has 2 amide bonds. The van der Waals surface area contributed by atoms with E-state index in [1.54, 1.807) is 6.92 Å². The number of nitrogens with zero attached hydrogens (tertiary/aromatic N) is 2. The smallest absolute Gasteiger partial charge is 0.242 e. The highest BCUT2D eigenvalue weighted by molar-refractivity contribution is 9.10. The third-order valence-electron chi connectivity index (χ3n) is 5.44. The van der Waals surface area contributed by atoms with Crippen LogP contribution >= 0.6 is 15.9 Å². The van der Waals surface area contributed by atoms with Crippen LogP contribution in [0.25, 0.3) is 0 Å². The lowest BCUT2D eigenvalue weighted by molar-refractivity contribution is -0.140. The third kappa shape index (κ3) is 8.85. The van der Waals surface area contributed by atoms with Crippen molar-refractivity contribution < 1.29 is 26.8 Å². The van der Waals surface area contributed by atoms with Crippen molar-refractivity contribution in [2.45, 2.75) is 46.2 Å². The molecule has 0 heterocycles. The molecule has 11 heteroatoms. The van der Waals surface area contributed by atoms with Gasteiger partial charge in [-0.05, 0) is 49.1 Å². The molecule has 0 fully saturated rings. The second kappa shape index (κ2) is 13.1. The Balaban J connectivity index is 2.18. The first-order valence-electron chi connectivity index (χ1n) is 11.5. The molecule has 0 aliphatic carbocycles. The van der Waals surface area contributed by atoms with Gasteiger partial charge in [0.1, 0.15) is 6.04 Å². The van der Waals surface area contributed by atoms with Crippen LogP contribution in [0.15, 0.2) is 46.9 Å². The monoisotopic (exact) mass is 587 g/mol. The molecule has 7 nitrogen and oxygen atoms in total. The summed E-state index contributed by atoms with van der Waals surface area (Å²) in [6.07, 6.45) is 1.02. The van der Waals surface area contributed by atoms with E-state index in [-0.39, 0.29) is 49.4 Å². The van der Waals surface area contributed by atoms with Crippen molar-refractivity contribution in [2.75, 3.05) is 23.7 Å². The third-order valence-corrected chi connectivity index (χ3v) is 7.12. The number of carbonyl (C=O) groups excluding carboxylic acids is 2. The summed E-state index contributed by atoms with van der Waals surface area (Å²) in [5, 5.41) is 2.84. The van der Waals surface area contributed by atoms with E-state index in [2.05, 4.69) is 21.2 Å². The van der Waals surface area contributed by atoms with Crippen molar-refractivity contribution in [3.8, 4) is 0 Å². The van der Waals surface area contributed by atoms with Crippen LogP contribution in [0.1, 0.15) is 39.2 Å². The Morgan fingerprint density at radius 3 is 2.33 bits per heavy atom. The normalized spacial score (nSPS) is 12.3. The number of sulfonamides is 1. The zero-order chi connectivity index (χ0) is 27.0. The summed E-state index contributed by atoms with van der Waals surface area (Å²) in [5.74, 6) is -2.63. The fourth-order valence-electron chi connectivity index (χ4n) is 3.51. The molecule has 0 aromatic heterocycles. The average molecular weight is 589 g/mol. The number of halogens is 3. The Hall–Kier alpha value is -2.53. The minimum Gasteiger partial charge on any atom is -0.354 e. The highest BCUT2D eigenvalue weighted by Gasteiger charge is 2.27. The van der Waals surface area contributed by atoms with Crippen LogP contribution in [0, 0.1) is 17.6 Å². The topological polar surface area (TPSA) is 86.8 Å². The van der Waals surface area contributed by atoms with Gasteiger partial charge in [0.15, 0.2) is 11.6 Å². The van der Waals surface area contributed by atoms with Gasteiger partial charge in [-0.25, -0.2) is 17.2 Å². The van der Waals surface area contributed by atoms with Crippen LogP contribution in [0.3, 0.4) is 0 Å².